The summed E-state index contributed by atoms with van der Waals surface area (Å²) in [6.45, 7) is 7.85. The van der Waals surface area contributed by atoms with E-state index >= 15 is 0 Å². The van der Waals surface area contributed by atoms with E-state index < -0.39 is 0 Å². The lowest BCUT2D eigenvalue weighted by Crippen LogP contribution is -2.37. The van der Waals surface area contributed by atoms with Gasteiger partial charge in [-0.3, -0.25) is 0 Å². The van der Waals surface area contributed by atoms with Gasteiger partial charge < -0.3 is 10.4 Å². The van der Waals surface area contributed by atoms with Crippen LogP contribution in [0.25, 0.3) is 0 Å². The van der Waals surface area contributed by atoms with Gasteiger partial charge in [0.1, 0.15) is 0 Å². The zero-order valence-corrected chi connectivity index (χ0v) is 10.8. The van der Waals surface area contributed by atoms with Crippen molar-refractivity contribution in [1.82, 2.24) is 5.32 Å². The molecule has 2 N–H and O–H groups in total. The zero-order chi connectivity index (χ0) is 11.5. The fourth-order valence-corrected chi connectivity index (χ4v) is 1.70. The number of rotatable bonds is 10. The summed E-state index contributed by atoms with van der Waals surface area (Å²) in [5.74, 6) is 0.523. The Kier molecular flexibility index (Phi) is 10.4. The van der Waals surface area contributed by atoms with Gasteiger partial charge in [-0.15, -0.1) is 0 Å². The van der Waals surface area contributed by atoms with E-state index in [4.69, 9.17) is 5.11 Å². The minimum absolute atomic E-state index is 0.257. The molecule has 0 aromatic rings. The molecule has 0 aromatic heterocycles. The standard InChI is InChI=1S/C13H29NO/c1-4-5-6-7-8-9-10-14-13(11-15)12(2)3/h12-15H,4-11H2,1-3H3/t13-/m1/s1. The van der Waals surface area contributed by atoms with Crippen molar-refractivity contribution in [2.24, 2.45) is 5.92 Å². The van der Waals surface area contributed by atoms with Crippen molar-refractivity contribution in [1.29, 1.82) is 0 Å². The second kappa shape index (κ2) is 10.4. The largest absolute Gasteiger partial charge is 0.395 e. The predicted octanol–water partition coefficient (Wildman–Crippen LogP) is 2.95. The number of nitrogens with one attached hydrogen (secondary N) is 1. The lowest BCUT2D eigenvalue weighted by Gasteiger charge is -2.19. The zero-order valence-electron chi connectivity index (χ0n) is 10.8. The molecular formula is C13H29NO. The van der Waals surface area contributed by atoms with Gasteiger partial charge in [0.05, 0.1) is 6.61 Å². The van der Waals surface area contributed by atoms with Crippen molar-refractivity contribution in [2.75, 3.05) is 13.2 Å². The fourth-order valence-electron chi connectivity index (χ4n) is 1.70. The maximum atomic E-state index is 9.11. The van der Waals surface area contributed by atoms with Crippen LogP contribution < -0.4 is 5.32 Å². The summed E-state index contributed by atoms with van der Waals surface area (Å²) in [6, 6.07) is 0.278. The van der Waals surface area contributed by atoms with Crippen LogP contribution in [0.5, 0.6) is 0 Å². The third-order valence-electron chi connectivity index (χ3n) is 2.94. The molecule has 0 fully saturated rings. The van der Waals surface area contributed by atoms with E-state index in [0.29, 0.717) is 5.92 Å². The highest BCUT2D eigenvalue weighted by Gasteiger charge is 2.09. The normalized spacial score (nSPS) is 13.4. The third-order valence-corrected chi connectivity index (χ3v) is 2.94. The van der Waals surface area contributed by atoms with E-state index in [1.54, 1.807) is 0 Å². The van der Waals surface area contributed by atoms with E-state index in [2.05, 4.69) is 26.1 Å². The molecule has 0 unspecified atom stereocenters. The van der Waals surface area contributed by atoms with Crippen LogP contribution in [-0.4, -0.2) is 24.3 Å². The second-order valence-corrected chi connectivity index (χ2v) is 4.75. The monoisotopic (exact) mass is 215 g/mol. The molecule has 0 spiro atoms. The summed E-state index contributed by atoms with van der Waals surface area (Å²) in [4.78, 5) is 0. The van der Waals surface area contributed by atoms with E-state index in [1.807, 2.05) is 0 Å². The average Bonchev–Trinajstić information content (AvgIpc) is 2.21. The van der Waals surface area contributed by atoms with Crippen LogP contribution in [0.2, 0.25) is 0 Å². The van der Waals surface area contributed by atoms with Gasteiger partial charge in [-0.05, 0) is 18.9 Å². The Bertz CT molecular complexity index is 126. The minimum atomic E-state index is 0.257. The minimum Gasteiger partial charge on any atom is -0.395 e. The van der Waals surface area contributed by atoms with Crippen LogP contribution in [0.4, 0.5) is 0 Å². The van der Waals surface area contributed by atoms with Gasteiger partial charge in [-0.1, -0.05) is 52.9 Å². The smallest absolute Gasteiger partial charge is 0.0587 e. The van der Waals surface area contributed by atoms with Crippen LogP contribution in [0.3, 0.4) is 0 Å². The van der Waals surface area contributed by atoms with Crippen molar-refractivity contribution < 1.29 is 5.11 Å². The lowest BCUT2D eigenvalue weighted by atomic mass is 10.1. The number of aliphatic hydroxyl groups excluding tert-OH is 1. The number of hydrogen-bond donors (Lipinski definition) is 2. The quantitative estimate of drug-likeness (QED) is 0.549. The third kappa shape index (κ3) is 8.88. The predicted molar refractivity (Wildman–Crippen MR) is 67.1 cm³/mol. The van der Waals surface area contributed by atoms with Gasteiger partial charge in [0.25, 0.3) is 0 Å². The van der Waals surface area contributed by atoms with Crippen LogP contribution in [0.15, 0.2) is 0 Å². The molecule has 0 bridgehead atoms. The Hall–Kier alpha value is -0.0800. The first kappa shape index (κ1) is 14.9. The Labute approximate surface area is 95.5 Å². The summed E-state index contributed by atoms with van der Waals surface area (Å²) >= 11 is 0. The molecule has 15 heavy (non-hydrogen) atoms. The van der Waals surface area contributed by atoms with E-state index in [-0.39, 0.29) is 12.6 Å². The molecule has 0 amide bonds. The van der Waals surface area contributed by atoms with Crippen molar-refractivity contribution in [2.45, 2.75) is 65.3 Å². The molecule has 2 nitrogen and oxygen atoms in total. The highest BCUT2D eigenvalue weighted by Crippen LogP contribution is 2.05. The number of unbranched alkanes of at least 4 members (excludes halogenated alkanes) is 5. The highest BCUT2D eigenvalue weighted by atomic mass is 16.3. The molecule has 0 radical (unpaired) electrons. The van der Waals surface area contributed by atoms with Gasteiger partial charge in [0.15, 0.2) is 0 Å². The summed E-state index contributed by atoms with van der Waals surface area (Å²) in [7, 11) is 0. The number of hydrogen-bond acceptors (Lipinski definition) is 2. The SMILES string of the molecule is CCCCCCCCN[C@H](CO)C(C)C. The number of aliphatic hydroxyl groups is 1. The first-order valence-electron chi connectivity index (χ1n) is 6.56. The lowest BCUT2D eigenvalue weighted by molar-refractivity contribution is 0.210. The molecule has 0 rings (SSSR count). The van der Waals surface area contributed by atoms with Crippen molar-refractivity contribution in [3.05, 3.63) is 0 Å². The van der Waals surface area contributed by atoms with Crippen molar-refractivity contribution >= 4 is 0 Å². The van der Waals surface area contributed by atoms with Crippen LogP contribution in [-0.2, 0) is 0 Å². The van der Waals surface area contributed by atoms with Gasteiger partial charge in [0.2, 0.25) is 0 Å². The molecule has 0 aromatic carbocycles. The van der Waals surface area contributed by atoms with Crippen molar-refractivity contribution in [3.8, 4) is 0 Å². The van der Waals surface area contributed by atoms with E-state index in [1.165, 1.54) is 38.5 Å². The topological polar surface area (TPSA) is 32.3 Å². The summed E-state index contributed by atoms with van der Waals surface area (Å²) in [5.41, 5.74) is 0. The molecule has 2 heteroatoms. The molecule has 0 aliphatic heterocycles. The summed E-state index contributed by atoms with van der Waals surface area (Å²) < 4.78 is 0. The van der Waals surface area contributed by atoms with Gasteiger partial charge in [-0.25, -0.2) is 0 Å². The Balaban J connectivity index is 3.22. The van der Waals surface area contributed by atoms with Crippen LogP contribution >= 0.6 is 0 Å². The molecule has 92 valence electrons. The van der Waals surface area contributed by atoms with E-state index in [9.17, 15) is 0 Å². The Morgan fingerprint density at radius 2 is 1.60 bits per heavy atom. The van der Waals surface area contributed by atoms with Crippen molar-refractivity contribution in [3.63, 3.8) is 0 Å². The molecule has 0 heterocycles. The highest BCUT2D eigenvalue weighted by molar-refractivity contribution is 4.68. The molecule has 0 aliphatic rings. The van der Waals surface area contributed by atoms with E-state index in [0.717, 1.165) is 6.54 Å². The molecule has 0 aliphatic carbocycles. The summed E-state index contributed by atoms with van der Waals surface area (Å²) in [5, 5.41) is 12.5. The maximum Gasteiger partial charge on any atom is 0.0587 e. The molecule has 0 saturated carbocycles. The average molecular weight is 215 g/mol. The van der Waals surface area contributed by atoms with Gasteiger partial charge in [-0.2, -0.15) is 0 Å². The molecular weight excluding hydrogens is 186 g/mol. The van der Waals surface area contributed by atoms with Gasteiger partial charge in [0, 0.05) is 6.04 Å². The Morgan fingerprint density at radius 1 is 1.00 bits per heavy atom. The molecule has 1 atom stereocenters. The van der Waals surface area contributed by atoms with Crippen LogP contribution in [0, 0.1) is 5.92 Å². The Morgan fingerprint density at radius 3 is 2.13 bits per heavy atom. The van der Waals surface area contributed by atoms with Gasteiger partial charge >= 0.3 is 0 Å². The first-order chi connectivity index (χ1) is 7.22. The first-order valence-corrected chi connectivity index (χ1v) is 6.56. The second-order valence-electron chi connectivity index (χ2n) is 4.75. The fraction of sp³-hybridized carbons (Fsp3) is 1.00. The maximum absolute atomic E-state index is 9.11. The molecule has 0 saturated heterocycles. The van der Waals surface area contributed by atoms with Crippen LogP contribution in [0.1, 0.15) is 59.3 Å². The summed E-state index contributed by atoms with van der Waals surface area (Å²) in [6.07, 6.45) is 8.00.